The van der Waals surface area contributed by atoms with Crippen molar-refractivity contribution in [1.29, 1.82) is 0 Å². The van der Waals surface area contributed by atoms with E-state index in [1.165, 1.54) is 24.3 Å². The molecule has 2 aromatic rings. The SMILES string of the molecule is O=Cc1ccc(C(=O)OCC(=O)NCC(=O)Nc2ccc(F)c(F)c2)cc1. The molecule has 0 aliphatic carbocycles. The van der Waals surface area contributed by atoms with Crippen LogP contribution in [0.2, 0.25) is 0 Å². The number of carbonyl (C=O) groups excluding carboxylic acids is 4. The molecule has 0 aromatic heterocycles. The highest BCUT2D eigenvalue weighted by molar-refractivity contribution is 5.95. The van der Waals surface area contributed by atoms with Crippen LogP contribution in [0.5, 0.6) is 0 Å². The van der Waals surface area contributed by atoms with Gasteiger partial charge in [0, 0.05) is 17.3 Å². The highest BCUT2D eigenvalue weighted by atomic mass is 19.2. The number of hydrogen-bond donors (Lipinski definition) is 2. The maximum absolute atomic E-state index is 13.0. The molecule has 2 rings (SSSR count). The average molecular weight is 376 g/mol. The fourth-order valence-corrected chi connectivity index (χ4v) is 1.92. The molecule has 2 aromatic carbocycles. The average Bonchev–Trinajstić information content (AvgIpc) is 2.67. The molecule has 0 bridgehead atoms. The van der Waals surface area contributed by atoms with Gasteiger partial charge in [0.05, 0.1) is 12.1 Å². The van der Waals surface area contributed by atoms with E-state index in [1.54, 1.807) is 0 Å². The van der Waals surface area contributed by atoms with Crippen LogP contribution < -0.4 is 10.6 Å². The van der Waals surface area contributed by atoms with Crippen molar-refractivity contribution < 1.29 is 32.7 Å². The van der Waals surface area contributed by atoms with E-state index in [2.05, 4.69) is 10.6 Å². The molecule has 0 aliphatic heterocycles. The Morgan fingerprint density at radius 3 is 2.30 bits per heavy atom. The Bertz CT molecular complexity index is 869. The number of aldehydes is 1. The predicted octanol–water partition coefficient (Wildman–Crippen LogP) is 1.69. The summed E-state index contributed by atoms with van der Waals surface area (Å²) in [5.41, 5.74) is 0.569. The van der Waals surface area contributed by atoms with Crippen LogP contribution in [0.15, 0.2) is 42.5 Å². The second-order valence-corrected chi connectivity index (χ2v) is 5.27. The van der Waals surface area contributed by atoms with Gasteiger partial charge in [-0.1, -0.05) is 12.1 Å². The summed E-state index contributed by atoms with van der Waals surface area (Å²) in [6.07, 6.45) is 0.619. The normalized spacial score (nSPS) is 10.0. The maximum Gasteiger partial charge on any atom is 0.338 e. The fourth-order valence-electron chi connectivity index (χ4n) is 1.92. The number of esters is 1. The van der Waals surface area contributed by atoms with Crippen LogP contribution in [0.25, 0.3) is 0 Å². The summed E-state index contributed by atoms with van der Waals surface area (Å²) in [5.74, 6) is -4.35. The van der Waals surface area contributed by atoms with E-state index in [4.69, 9.17) is 4.74 Å². The number of benzene rings is 2. The monoisotopic (exact) mass is 376 g/mol. The van der Waals surface area contributed by atoms with Crippen LogP contribution in [-0.4, -0.2) is 37.2 Å². The lowest BCUT2D eigenvalue weighted by atomic mass is 10.1. The summed E-state index contributed by atoms with van der Waals surface area (Å²) >= 11 is 0. The molecule has 0 heterocycles. The lowest BCUT2D eigenvalue weighted by Crippen LogP contribution is -2.35. The first kappa shape index (κ1) is 19.7. The van der Waals surface area contributed by atoms with Crippen molar-refractivity contribution in [3.63, 3.8) is 0 Å². The van der Waals surface area contributed by atoms with Gasteiger partial charge in [-0.15, -0.1) is 0 Å². The van der Waals surface area contributed by atoms with E-state index in [0.717, 1.165) is 18.2 Å². The standard InChI is InChI=1S/C18H14F2N2O5/c19-14-6-5-13(7-15(14)20)22-16(24)8-21-17(25)10-27-18(26)12-3-1-11(9-23)2-4-12/h1-7,9H,8,10H2,(H,21,25)(H,22,24). The maximum atomic E-state index is 13.0. The number of nitrogens with one attached hydrogen (secondary N) is 2. The zero-order valence-corrected chi connectivity index (χ0v) is 13.8. The number of amides is 2. The first-order valence-corrected chi connectivity index (χ1v) is 7.63. The van der Waals surface area contributed by atoms with Crippen LogP contribution >= 0.6 is 0 Å². The van der Waals surface area contributed by atoms with Crippen LogP contribution in [0, 0.1) is 11.6 Å². The molecule has 0 unspecified atom stereocenters. The van der Waals surface area contributed by atoms with Crippen LogP contribution in [0.4, 0.5) is 14.5 Å². The molecule has 0 saturated heterocycles. The molecule has 27 heavy (non-hydrogen) atoms. The van der Waals surface area contributed by atoms with Crippen molar-refractivity contribution in [2.45, 2.75) is 0 Å². The molecule has 2 amide bonds. The number of ether oxygens (including phenoxy) is 1. The third-order valence-electron chi connectivity index (χ3n) is 3.27. The Hall–Kier alpha value is -3.62. The summed E-state index contributed by atoms with van der Waals surface area (Å²) in [6.45, 7) is -1.07. The smallest absolute Gasteiger partial charge is 0.338 e. The molecular formula is C18H14F2N2O5. The Morgan fingerprint density at radius 1 is 0.963 bits per heavy atom. The number of anilines is 1. The summed E-state index contributed by atoms with van der Waals surface area (Å²) < 4.78 is 30.6. The van der Waals surface area contributed by atoms with Crippen molar-refractivity contribution in [1.82, 2.24) is 5.32 Å². The van der Waals surface area contributed by atoms with Gasteiger partial charge in [-0.05, 0) is 24.3 Å². The van der Waals surface area contributed by atoms with Crippen molar-refractivity contribution in [2.24, 2.45) is 0 Å². The van der Waals surface area contributed by atoms with E-state index >= 15 is 0 Å². The van der Waals surface area contributed by atoms with Crippen molar-refractivity contribution in [3.8, 4) is 0 Å². The molecule has 9 heteroatoms. The zero-order chi connectivity index (χ0) is 19.8. The van der Waals surface area contributed by atoms with E-state index in [9.17, 15) is 28.0 Å². The third kappa shape index (κ3) is 5.99. The molecule has 0 spiro atoms. The van der Waals surface area contributed by atoms with E-state index in [-0.39, 0.29) is 11.3 Å². The second-order valence-electron chi connectivity index (χ2n) is 5.27. The van der Waals surface area contributed by atoms with Gasteiger partial charge in [0.2, 0.25) is 5.91 Å². The minimum absolute atomic E-state index is 0.0262. The Kier molecular flexibility index (Phi) is 6.70. The van der Waals surface area contributed by atoms with Crippen LogP contribution in [0.1, 0.15) is 20.7 Å². The number of hydrogen-bond acceptors (Lipinski definition) is 5. The second kappa shape index (κ2) is 9.18. The van der Waals surface area contributed by atoms with Crippen LogP contribution in [-0.2, 0) is 14.3 Å². The molecule has 2 N–H and O–H groups in total. The number of halogens is 2. The zero-order valence-electron chi connectivity index (χ0n) is 13.8. The summed E-state index contributed by atoms with van der Waals surface area (Å²) in [7, 11) is 0. The quantitative estimate of drug-likeness (QED) is 0.566. The van der Waals surface area contributed by atoms with Crippen molar-refractivity contribution >= 4 is 29.8 Å². The molecule has 0 atom stereocenters. The van der Waals surface area contributed by atoms with Gasteiger partial charge in [0.15, 0.2) is 18.2 Å². The van der Waals surface area contributed by atoms with Crippen molar-refractivity contribution in [2.75, 3.05) is 18.5 Å². The van der Waals surface area contributed by atoms with E-state index in [0.29, 0.717) is 11.8 Å². The van der Waals surface area contributed by atoms with Gasteiger partial charge >= 0.3 is 5.97 Å². The number of carbonyl (C=O) groups is 4. The van der Waals surface area contributed by atoms with Crippen LogP contribution in [0.3, 0.4) is 0 Å². The first-order valence-electron chi connectivity index (χ1n) is 7.63. The van der Waals surface area contributed by atoms with Gasteiger partial charge in [-0.2, -0.15) is 0 Å². The van der Waals surface area contributed by atoms with Gasteiger partial charge < -0.3 is 15.4 Å². The molecule has 0 radical (unpaired) electrons. The van der Waals surface area contributed by atoms with Gasteiger partial charge in [0.25, 0.3) is 5.91 Å². The van der Waals surface area contributed by atoms with Crippen molar-refractivity contribution in [3.05, 3.63) is 65.2 Å². The largest absolute Gasteiger partial charge is 0.452 e. The first-order chi connectivity index (χ1) is 12.9. The minimum Gasteiger partial charge on any atom is -0.452 e. The fraction of sp³-hybridized carbons (Fsp3) is 0.111. The predicted molar refractivity (Wildman–Crippen MR) is 90.1 cm³/mol. The lowest BCUT2D eigenvalue weighted by Gasteiger charge is -2.08. The summed E-state index contributed by atoms with van der Waals surface area (Å²) in [6, 6.07) is 8.41. The van der Waals surface area contributed by atoms with Gasteiger partial charge in [-0.3, -0.25) is 14.4 Å². The summed E-state index contributed by atoms with van der Waals surface area (Å²) in [5, 5.41) is 4.48. The van der Waals surface area contributed by atoms with Gasteiger partial charge in [-0.25, -0.2) is 13.6 Å². The molecular weight excluding hydrogens is 362 g/mol. The molecule has 0 fully saturated rings. The Morgan fingerprint density at radius 2 is 1.67 bits per heavy atom. The highest BCUT2D eigenvalue weighted by Crippen LogP contribution is 2.12. The lowest BCUT2D eigenvalue weighted by molar-refractivity contribution is -0.126. The molecule has 0 aliphatic rings. The molecule has 140 valence electrons. The molecule has 0 saturated carbocycles. The topological polar surface area (TPSA) is 102 Å². The third-order valence-corrected chi connectivity index (χ3v) is 3.27. The minimum atomic E-state index is -1.12. The Balaban J connectivity index is 1.74. The number of rotatable bonds is 7. The van der Waals surface area contributed by atoms with E-state index < -0.39 is 42.6 Å². The molecule has 7 nitrogen and oxygen atoms in total. The highest BCUT2D eigenvalue weighted by Gasteiger charge is 2.12. The summed E-state index contributed by atoms with van der Waals surface area (Å²) in [4.78, 5) is 45.6. The van der Waals surface area contributed by atoms with Gasteiger partial charge in [0.1, 0.15) is 6.29 Å². The Labute approximate surface area is 152 Å². The van der Waals surface area contributed by atoms with E-state index in [1.807, 2.05) is 0 Å².